The third-order valence-electron chi connectivity index (χ3n) is 0.945. The van der Waals surface area contributed by atoms with Gasteiger partial charge in [-0.15, -0.1) is 0 Å². The molecule has 0 aliphatic rings. The van der Waals surface area contributed by atoms with Crippen LogP contribution in [0.3, 0.4) is 0 Å². The predicted molar refractivity (Wildman–Crippen MR) is 41.7 cm³/mol. The van der Waals surface area contributed by atoms with Gasteiger partial charge in [0, 0.05) is 16.4 Å². The lowest BCUT2D eigenvalue weighted by Crippen LogP contribution is -1.78. The van der Waals surface area contributed by atoms with E-state index in [1.165, 1.54) is 0 Å². The zero-order valence-corrected chi connectivity index (χ0v) is 7.20. The summed E-state index contributed by atoms with van der Waals surface area (Å²) >= 11 is 8.95. The largest absolute Gasteiger partial charge is 0.260 e. The second-order valence-corrected chi connectivity index (χ2v) is 3.00. The Morgan fingerprint density at radius 2 is 2.33 bits per heavy atom. The van der Waals surface area contributed by atoms with Gasteiger partial charge in [0.2, 0.25) is 0 Å². The smallest absolute Gasteiger partial charge is 0.0731 e. The molecule has 0 aromatic carbocycles. The van der Waals surface area contributed by atoms with E-state index in [2.05, 4.69) is 20.9 Å². The van der Waals surface area contributed by atoms with E-state index in [1.54, 1.807) is 6.20 Å². The van der Waals surface area contributed by atoms with Crippen LogP contribution in [0.25, 0.3) is 0 Å². The van der Waals surface area contributed by atoms with E-state index >= 15 is 0 Å². The lowest BCUT2D eigenvalue weighted by Gasteiger charge is -1.93. The van der Waals surface area contributed by atoms with Gasteiger partial charge in [-0.2, -0.15) is 0 Å². The van der Waals surface area contributed by atoms with Crippen molar-refractivity contribution < 1.29 is 0 Å². The van der Waals surface area contributed by atoms with Crippen molar-refractivity contribution >= 4 is 27.5 Å². The van der Waals surface area contributed by atoms with Crippen molar-refractivity contribution in [3.8, 4) is 0 Å². The third kappa shape index (κ3) is 1.66. The fourth-order valence-corrected chi connectivity index (χ4v) is 1.05. The van der Waals surface area contributed by atoms with E-state index in [4.69, 9.17) is 11.6 Å². The maximum atomic E-state index is 5.67. The Kier molecular flexibility index (Phi) is 2.09. The number of halogens is 2. The molecule has 0 radical (unpaired) electrons. The van der Waals surface area contributed by atoms with Crippen molar-refractivity contribution in [3.05, 3.63) is 27.5 Å². The Hall–Kier alpha value is -0.0800. The van der Waals surface area contributed by atoms with E-state index in [-0.39, 0.29) is 0 Å². The molecule has 48 valence electrons. The Morgan fingerprint density at radius 1 is 1.67 bits per heavy atom. The Bertz CT molecular complexity index is 224. The molecule has 0 amide bonds. The van der Waals surface area contributed by atoms with Crippen LogP contribution in [0.15, 0.2) is 16.7 Å². The topological polar surface area (TPSA) is 12.9 Å². The highest BCUT2D eigenvalue weighted by Gasteiger charge is 1.94. The molecule has 9 heavy (non-hydrogen) atoms. The molecule has 0 aliphatic heterocycles. The molecule has 1 heterocycles. The Labute approximate surface area is 67.2 Å². The van der Waals surface area contributed by atoms with Gasteiger partial charge in [0.1, 0.15) is 0 Å². The van der Waals surface area contributed by atoms with Crippen LogP contribution >= 0.6 is 27.5 Å². The van der Waals surface area contributed by atoms with Crippen LogP contribution in [-0.2, 0) is 0 Å². The summed E-state index contributed by atoms with van der Waals surface area (Å²) < 4.78 is 0.900. The molecule has 0 aliphatic carbocycles. The zero-order valence-electron chi connectivity index (χ0n) is 4.86. The SMILES string of the molecule is Cc1cc(Br)c(Cl)cn1. The predicted octanol–water partition coefficient (Wildman–Crippen LogP) is 2.81. The highest BCUT2D eigenvalue weighted by molar-refractivity contribution is 9.10. The number of hydrogen-bond donors (Lipinski definition) is 0. The van der Waals surface area contributed by atoms with Crippen molar-refractivity contribution in [1.82, 2.24) is 4.98 Å². The maximum Gasteiger partial charge on any atom is 0.0731 e. The van der Waals surface area contributed by atoms with E-state index in [1.807, 2.05) is 13.0 Å². The van der Waals surface area contributed by atoms with Gasteiger partial charge in [-0.05, 0) is 28.9 Å². The summed E-state index contributed by atoms with van der Waals surface area (Å²) in [5, 5.41) is 0.653. The number of pyridine rings is 1. The van der Waals surface area contributed by atoms with E-state index < -0.39 is 0 Å². The lowest BCUT2D eigenvalue weighted by molar-refractivity contribution is 1.19. The molecule has 1 aromatic heterocycles. The van der Waals surface area contributed by atoms with Gasteiger partial charge < -0.3 is 0 Å². The second-order valence-electron chi connectivity index (χ2n) is 1.74. The van der Waals surface area contributed by atoms with Gasteiger partial charge in [-0.1, -0.05) is 11.6 Å². The molecular formula is C6H5BrClN. The van der Waals surface area contributed by atoms with Crippen LogP contribution in [0.2, 0.25) is 5.02 Å². The lowest BCUT2D eigenvalue weighted by atomic mass is 10.4. The Morgan fingerprint density at radius 3 is 2.78 bits per heavy atom. The molecule has 0 saturated carbocycles. The van der Waals surface area contributed by atoms with Crippen LogP contribution < -0.4 is 0 Å². The molecule has 0 N–H and O–H groups in total. The summed E-state index contributed by atoms with van der Waals surface area (Å²) in [5.41, 5.74) is 0.964. The van der Waals surface area contributed by atoms with Crippen molar-refractivity contribution in [2.45, 2.75) is 6.92 Å². The standard InChI is InChI=1S/C6H5BrClN/c1-4-2-5(7)6(8)3-9-4/h2-3H,1H3. The highest BCUT2D eigenvalue weighted by atomic mass is 79.9. The zero-order chi connectivity index (χ0) is 6.85. The number of rotatable bonds is 0. The molecule has 0 spiro atoms. The first-order chi connectivity index (χ1) is 4.20. The number of aryl methyl sites for hydroxylation is 1. The average molecular weight is 206 g/mol. The molecule has 0 atom stereocenters. The first kappa shape index (κ1) is 7.03. The summed E-state index contributed by atoms with van der Waals surface area (Å²) in [7, 11) is 0. The molecule has 1 rings (SSSR count). The molecule has 0 unspecified atom stereocenters. The summed E-state index contributed by atoms with van der Waals surface area (Å²) in [6, 6.07) is 1.88. The van der Waals surface area contributed by atoms with Crippen LogP contribution in [0.5, 0.6) is 0 Å². The minimum absolute atomic E-state index is 0.653. The summed E-state index contributed by atoms with van der Waals surface area (Å²) in [6.07, 6.45) is 1.63. The number of nitrogens with zero attached hydrogens (tertiary/aromatic N) is 1. The fourth-order valence-electron chi connectivity index (χ4n) is 0.510. The summed E-state index contributed by atoms with van der Waals surface area (Å²) in [4.78, 5) is 3.98. The van der Waals surface area contributed by atoms with Gasteiger partial charge in [0.15, 0.2) is 0 Å². The fraction of sp³-hybridized carbons (Fsp3) is 0.167. The van der Waals surface area contributed by atoms with E-state index in [0.717, 1.165) is 10.2 Å². The first-order valence-corrected chi connectivity index (χ1v) is 3.65. The number of hydrogen-bond acceptors (Lipinski definition) is 1. The molecule has 0 fully saturated rings. The summed E-state index contributed by atoms with van der Waals surface area (Å²) in [6.45, 7) is 1.92. The van der Waals surface area contributed by atoms with Gasteiger partial charge in [0.25, 0.3) is 0 Å². The third-order valence-corrected chi connectivity index (χ3v) is 2.13. The molecular weight excluding hydrogens is 201 g/mol. The molecule has 1 aromatic rings. The second kappa shape index (κ2) is 2.67. The van der Waals surface area contributed by atoms with Gasteiger partial charge in [-0.25, -0.2) is 0 Å². The van der Waals surface area contributed by atoms with Crippen molar-refractivity contribution in [1.29, 1.82) is 0 Å². The highest BCUT2D eigenvalue weighted by Crippen LogP contribution is 2.20. The normalized spacial score (nSPS) is 9.67. The molecule has 0 saturated heterocycles. The number of aromatic nitrogens is 1. The van der Waals surface area contributed by atoms with Crippen molar-refractivity contribution in [2.75, 3.05) is 0 Å². The van der Waals surface area contributed by atoms with E-state index in [9.17, 15) is 0 Å². The minimum atomic E-state index is 0.653. The van der Waals surface area contributed by atoms with Crippen LogP contribution in [0.1, 0.15) is 5.69 Å². The van der Waals surface area contributed by atoms with Gasteiger partial charge in [0.05, 0.1) is 5.02 Å². The monoisotopic (exact) mass is 205 g/mol. The van der Waals surface area contributed by atoms with E-state index in [0.29, 0.717) is 5.02 Å². The average Bonchev–Trinajstić information content (AvgIpc) is 1.80. The van der Waals surface area contributed by atoms with Crippen LogP contribution in [-0.4, -0.2) is 4.98 Å². The van der Waals surface area contributed by atoms with Crippen molar-refractivity contribution in [2.24, 2.45) is 0 Å². The van der Waals surface area contributed by atoms with Crippen LogP contribution in [0.4, 0.5) is 0 Å². The van der Waals surface area contributed by atoms with Gasteiger partial charge in [-0.3, -0.25) is 4.98 Å². The summed E-state index contributed by atoms with van der Waals surface area (Å²) in [5.74, 6) is 0. The maximum absolute atomic E-state index is 5.67. The van der Waals surface area contributed by atoms with Gasteiger partial charge >= 0.3 is 0 Å². The molecule has 1 nitrogen and oxygen atoms in total. The molecule has 0 bridgehead atoms. The molecule has 3 heteroatoms. The quantitative estimate of drug-likeness (QED) is 0.636. The van der Waals surface area contributed by atoms with Crippen LogP contribution in [0, 0.1) is 6.92 Å². The first-order valence-electron chi connectivity index (χ1n) is 2.48. The van der Waals surface area contributed by atoms with Crippen molar-refractivity contribution in [3.63, 3.8) is 0 Å². The minimum Gasteiger partial charge on any atom is -0.260 e. The Balaban J connectivity index is 3.17.